The maximum atomic E-state index is 13.0. The molecule has 3 aromatic carbocycles. The first-order valence-corrected chi connectivity index (χ1v) is 12.5. The van der Waals surface area contributed by atoms with Crippen molar-refractivity contribution in [2.45, 2.75) is 6.92 Å². The maximum Gasteiger partial charge on any atom is 0.265 e. The molecule has 3 heterocycles. The molecule has 0 atom stereocenters. The maximum absolute atomic E-state index is 13.0. The Bertz CT molecular complexity index is 1650. The van der Waals surface area contributed by atoms with Gasteiger partial charge in [-0.2, -0.15) is 0 Å². The van der Waals surface area contributed by atoms with E-state index in [1.165, 1.54) is 0 Å². The molecule has 8 nitrogen and oxygen atoms in total. The molecule has 36 heavy (non-hydrogen) atoms. The summed E-state index contributed by atoms with van der Waals surface area (Å²) in [6.07, 6.45) is 0. The predicted molar refractivity (Wildman–Crippen MR) is 143 cm³/mol. The van der Waals surface area contributed by atoms with Crippen LogP contribution in [0.25, 0.3) is 26.8 Å². The number of amides is 1. The highest BCUT2D eigenvalue weighted by Gasteiger charge is 2.16. The summed E-state index contributed by atoms with van der Waals surface area (Å²) >= 11 is 1.61. The van der Waals surface area contributed by atoms with Gasteiger partial charge >= 0.3 is 0 Å². The van der Waals surface area contributed by atoms with Crippen LogP contribution in [-0.4, -0.2) is 46.7 Å². The van der Waals surface area contributed by atoms with Gasteiger partial charge in [0.2, 0.25) is 0 Å². The number of ether oxygens (including phenoxy) is 1. The van der Waals surface area contributed by atoms with E-state index < -0.39 is 0 Å². The first-order chi connectivity index (χ1) is 17.6. The number of thiazole rings is 1. The minimum absolute atomic E-state index is 0.135. The highest BCUT2D eigenvalue weighted by Crippen LogP contribution is 2.31. The standard InChI is InChI=1S/C27H23N5O3S/c1-17-28-22-5-3-2-4-21(22)26(34)32(17)20-9-6-18(7-10-20)25(33)29-19-8-11-23-24(16-19)36-27(30-23)31-12-14-35-15-13-31/h2-11,16H,12-15H2,1H3,(H,29,33). The van der Waals surface area contributed by atoms with Crippen LogP contribution in [0, 0.1) is 6.92 Å². The van der Waals surface area contributed by atoms with Crippen molar-refractivity contribution in [3.05, 3.63) is 88.5 Å². The van der Waals surface area contributed by atoms with Gasteiger partial charge in [0.05, 0.1) is 40.0 Å². The van der Waals surface area contributed by atoms with Crippen molar-refractivity contribution in [3.63, 3.8) is 0 Å². The van der Waals surface area contributed by atoms with Crippen molar-refractivity contribution in [1.29, 1.82) is 0 Å². The number of benzene rings is 3. The number of carbonyl (C=O) groups is 1. The van der Waals surface area contributed by atoms with E-state index in [4.69, 9.17) is 9.72 Å². The smallest absolute Gasteiger partial charge is 0.265 e. The van der Waals surface area contributed by atoms with E-state index in [1.54, 1.807) is 53.2 Å². The summed E-state index contributed by atoms with van der Waals surface area (Å²) in [5.74, 6) is 0.365. The lowest BCUT2D eigenvalue weighted by Crippen LogP contribution is -2.36. The summed E-state index contributed by atoms with van der Waals surface area (Å²) in [7, 11) is 0. The number of hydrogen-bond donors (Lipinski definition) is 1. The van der Waals surface area contributed by atoms with Crippen LogP contribution in [0.2, 0.25) is 0 Å². The number of nitrogens with one attached hydrogen (secondary N) is 1. The third-order valence-electron chi connectivity index (χ3n) is 6.25. The lowest BCUT2D eigenvalue weighted by molar-refractivity contribution is 0.102. The Balaban J connectivity index is 1.22. The summed E-state index contributed by atoms with van der Waals surface area (Å²) in [5, 5.41) is 4.50. The molecule has 180 valence electrons. The second-order valence-corrected chi connectivity index (χ2v) is 9.61. The molecule has 0 spiro atoms. The van der Waals surface area contributed by atoms with Crippen molar-refractivity contribution < 1.29 is 9.53 Å². The number of aryl methyl sites for hydroxylation is 1. The van der Waals surface area contributed by atoms with E-state index in [9.17, 15) is 9.59 Å². The second kappa shape index (κ2) is 9.18. The summed E-state index contributed by atoms with van der Waals surface area (Å²) in [6.45, 7) is 4.89. The Morgan fingerprint density at radius 3 is 2.56 bits per heavy atom. The lowest BCUT2D eigenvalue weighted by atomic mass is 10.1. The third kappa shape index (κ3) is 4.12. The Labute approximate surface area is 210 Å². The molecule has 9 heteroatoms. The van der Waals surface area contributed by atoms with E-state index in [2.05, 4.69) is 15.2 Å². The van der Waals surface area contributed by atoms with Crippen LogP contribution in [-0.2, 0) is 4.74 Å². The van der Waals surface area contributed by atoms with Crippen LogP contribution in [0.15, 0.2) is 71.5 Å². The highest BCUT2D eigenvalue weighted by molar-refractivity contribution is 7.22. The van der Waals surface area contributed by atoms with Gasteiger partial charge in [-0.05, 0) is 61.5 Å². The summed E-state index contributed by atoms with van der Waals surface area (Å²) in [6, 6.07) is 20.0. The van der Waals surface area contributed by atoms with Gasteiger partial charge in [0.25, 0.3) is 11.5 Å². The third-order valence-corrected chi connectivity index (χ3v) is 7.33. The molecule has 1 fully saturated rings. The number of rotatable bonds is 4. The molecule has 0 saturated carbocycles. The first kappa shape index (κ1) is 22.4. The molecule has 0 aliphatic carbocycles. The molecule has 6 rings (SSSR count). The zero-order valence-corrected chi connectivity index (χ0v) is 20.4. The normalized spacial score (nSPS) is 13.9. The fourth-order valence-electron chi connectivity index (χ4n) is 4.39. The van der Waals surface area contributed by atoms with E-state index in [-0.39, 0.29) is 11.5 Å². The SMILES string of the molecule is Cc1nc2ccccc2c(=O)n1-c1ccc(C(=O)Nc2ccc3nc(N4CCOCC4)sc3c2)cc1. The van der Waals surface area contributed by atoms with E-state index in [1.807, 2.05) is 36.4 Å². The van der Waals surface area contributed by atoms with Crippen molar-refractivity contribution in [3.8, 4) is 5.69 Å². The van der Waals surface area contributed by atoms with Gasteiger partial charge in [0.15, 0.2) is 5.13 Å². The van der Waals surface area contributed by atoms with Gasteiger partial charge in [-0.1, -0.05) is 23.5 Å². The number of morpholine rings is 1. The van der Waals surface area contributed by atoms with E-state index in [0.717, 1.165) is 28.4 Å². The quantitative estimate of drug-likeness (QED) is 0.396. The minimum Gasteiger partial charge on any atom is -0.378 e. The summed E-state index contributed by atoms with van der Waals surface area (Å²) in [4.78, 5) is 37.5. The number of anilines is 2. The Morgan fingerprint density at radius 1 is 0.972 bits per heavy atom. The Morgan fingerprint density at radius 2 is 1.75 bits per heavy atom. The molecule has 1 amide bonds. The highest BCUT2D eigenvalue weighted by atomic mass is 32.1. The second-order valence-electron chi connectivity index (χ2n) is 8.60. The zero-order chi connectivity index (χ0) is 24.6. The number of para-hydroxylation sites is 1. The van der Waals surface area contributed by atoms with Crippen LogP contribution in [0.1, 0.15) is 16.2 Å². The fourth-order valence-corrected chi connectivity index (χ4v) is 5.45. The Kier molecular flexibility index (Phi) is 5.71. The van der Waals surface area contributed by atoms with Gasteiger partial charge in [-0.3, -0.25) is 14.2 Å². The monoisotopic (exact) mass is 497 g/mol. The van der Waals surface area contributed by atoms with E-state index in [0.29, 0.717) is 46.9 Å². The fraction of sp³-hybridized carbons (Fsp3) is 0.185. The molecule has 0 bridgehead atoms. The molecule has 1 aliphatic heterocycles. The average molecular weight is 498 g/mol. The topological polar surface area (TPSA) is 89.3 Å². The molecule has 5 aromatic rings. The van der Waals surface area contributed by atoms with Crippen LogP contribution < -0.4 is 15.8 Å². The summed E-state index contributed by atoms with van der Waals surface area (Å²) < 4.78 is 8.01. The molecular formula is C27H23N5O3S. The van der Waals surface area contributed by atoms with Crippen LogP contribution in [0.4, 0.5) is 10.8 Å². The van der Waals surface area contributed by atoms with Crippen LogP contribution in [0.3, 0.4) is 0 Å². The molecule has 0 unspecified atom stereocenters. The van der Waals surface area contributed by atoms with Crippen molar-refractivity contribution in [2.75, 3.05) is 36.5 Å². The number of hydrogen-bond acceptors (Lipinski definition) is 7. The summed E-state index contributed by atoms with van der Waals surface area (Å²) in [5.41, 5.74) is 3.31. The van der Waals surface area contributed by atoms with Gasteiger partial charge in [-0.25, -0.2) is 9.97 Å². The van der Waals surface area contributed by atoms with Gasteiger partial charge < -0.3 is 15.0 Å². The number of aromatic nitrogens is 3. The zero-order valence-electron chi connectivity index (χ0n) is 19.6. The lowest BCUT2D eigenvalue weighted by Gasteiger charge is -2.25. The molecule has 2 aromatic heterocycles. The molecular weight excluding hydrogens is 474 g/mol. The van der Waals surface area contributed by atoms with Crippen LogP contribution in [0.5, 0.6) is 0 Å². The van der Waals surface area contributed by atoms with Gasteiger partial charge in [0, 0.05) is 24.3 Å². The van der Waals surface area contributed by atoms with Crippen LogP contribution >= 0.6 is 11.3 Å². The number of fused-ring (bicyclic) bond motifs is 2. The predicted octanol–water partition coefficient (Wildman–Crippen LogP) is 4.39. The van der Waals surface area contributed by atoms with Gasteiger partial charge in [0.1, 0.15) is 5.82 Å². The number of carbonyl (C=O) groups excluding carboxylic acids is 1. The molecule has 1 aliphatic rings. The van der Waals surface area contributed by atoms with Crippen molar-refractivity contribution in [2.24, 2.45) is 0 Å². The average Bonchev–Trinajstić information content (AvgIpc) is 3.33. The molecule has 1 saturated heterocycles. The Hall–Kier alpha value is -4.08. The molecule has 0 radical (unpaired) electrons. The van der Waals surface area contributed by atoms with E-state index >= 15 is 0 Å². The largest absolute Gasteiger partial charge is 0.378 e. The minimum atomic E-state index is -0.223. The van der Waals surface area contributed by atoms with Gasteiger partial charge in [-0.15, -0.1) is 0 Å². The molecule has 1 N–H and O–H groups in total. The number of nitrogens with zero attached hydrogens (tertiary/aromatic N) is 4. The first-order valence-electron chi connectivity index (χ1n) is 11.7. The van der Waals surface area contributed by atoms with Crippen molar-refractivity contribution in [1.82, 2.24) is 14.5 Å². The van der Waals surface area contributed by atoms with Crippen molar-refractivity contribution >= 4 is 49.2 Å².